The Kier molecular flexibility index (Phi) is 5.81. The second-order valence-corrected chi connectivity index (χ2v) is 6.41. The van der Waals surface area contributed by atoms with E-state index in [1.54, 1.807) is 6.92 Å². The molecule has 0 unspecified atom stereocenters. The molecular weight excluding hydrogens is 398 g/mol. The van der Waals surface area contributed by atoms with E-state index in [-0.39, 0.29) is 29.1 Å². The molecule has 0 aliphatic carbocycles. The van der Waals surface area contributed by atoms with Crippen LogP contribution in [0.1, 0.15) is 35.8 Å². The van der Waals surface area contributed by atoms with Gasteiger partial charge in [0.2, 0.25) is 0 Å². The van der Waals surface area contributed by atoms with Gasteiger partial charge in [-0.1, -0.05) is 18.2 Å². The highest BCUT2D eigenvalue weighted by atomic mass is 19.1. The van der Waals surface area contributed by atoms with Crippen LogP contribution >= 0.6 is 0 Å². The number of allylic oxidation sites excluding steroid dienone is 1. The van der Waals surface area contributed by atoms with Crippen LogP contribution in [0, 0.1) is 11.6 Å². The highest BCUT2D eigenvalue weighted by Crippen LogP contribution is 2.36. The van der Waals surface area contributed by atoms with Crippen LogP contribution in [0.5, 0.6) is 0 Å². The van der Waals surface area contributed by atoms with Gasteiger partial charge < -0.3 is 20.0 Å². The third-order valence-corrected chi connectivity index (χ3v) is 4.61. The Labute approximate surface area is 170 Å². The molecule has 9 heteroatoms. The summed E-state index contributed by atoms with van der Waals surface area (Å²) in [5.74, 6) is -4.21. The van der Waals surface area contributed by atoms with Gasteiger partial charge in [-0.2, -0.15) is 0 Å². The average Bonchev–Trinajstić information content (AvgIpc) is 2.68. The zero-order valence-corrected chi connectivity index (χ0v) is 16.1. The molecule has 2 amide bonds. The van der Waals surface area contributed by atoms with E-state index >= 15 is 0 Å². The summed E-state index contributed by atoms with van der Waals surface area (Å²) in [7, 11) is 0. The number of rotatable bonds is 5. The van der Waals surface area contributed by atoms with E-state index in [1.165, 1.54) is 31.2 Å². The normalized spacial score (nSPS) is 16.3. The van der Waals surface area contributed by atoms with Crippen LogP contribution in [-0.4, -0.2) is 24.6 Å². The number of esters is 1. The Morgan fingerprint density at radius 2 is 1.80 bits per heavy atom. The number of carboxylic acids is 1. The first kappa shape index (κ1) is 21.0. The second-order valence-electron chi connectivity index (χ2n) is 6.41. The van der Waals surface area contributed by atoms with E-state index in [9.17, 15) is 28.3 Å². The minimum atomic E-state index is -1.45. The third-order valence-electron chi connectivity index (χ3n) is 4.61. The van der Waals surface area contributed by atoms with E-state index in [2.05, 4.69) is 5.32 Å². The topological polar surface area (TPSA) is 98.8 Å². The van der Waals surface area contributed by atoms with Crippen LogP contribution in [0.2, 0.25) is 0 Å². The fourth-order valence-corrected chi connectivity index (χ4v) is 3.30. The molecule has 1 atom stereocenters. The molecule has 0 saturated heterocycles. The first-order chi connectivity index (χ1) is 14.3. The number of carbonyl (C=O) groups is 3. The van der Waals surface area contributed by atoms with Crippen LogP contribution in [0.15, 0.2) is 53.7 Å². The fourth-order valence-electron chi connectivity index (χ4n) is 3.30. The van der Waals surface area contributed by atoms with Gasteiger partial charge in [0.15, 0.2) is 0 Å². The molecule has 2 aromatic rings. The number of hydrogen-bond donors (Lipinski definition) is 1. The number of amides is 2. The summed E-state index contributed by atoms with van der Waals surface area (Å²) in [6, 6.07) is 6.26. The molecule has 7 nitrogen and oxygen atoms in total. The molecular formula is C21H17F2N2O5-. The number of benzene rings is 2. The maximum Gasteiger partial charge on any atom is 0.338 e. The summed E-state index contributed by atoms with van der Waals surface area (Å²) in [6.07, 6.45) is 0. The molecule has 1 N–H and O–H groups in total. The molecule has 0 fully saturated rings. The van der Waals surface area contributed by atoms with E-state index in [0.29, 0.717) is 0 Å². The number of ether oxygens (including phenoxy) is 1. The predicted molar refractivity (Wildman–Crippen MR) is 100 cm³/mol. The Bertz CT molecular complexity index is 1050. The number of hydrogen-bond acceptors (Lipinski definition) is 5. The standard InChI is InChI=1S/C21H18F2N2O5/c1-3-30-20(28)16-11(2)25(13-7-4-6-12(10-13)19(26)27)21(29)24-18(16)17-14(22)8-5-9-15(17)23/h4-10,18H,3H2,1-2H3,(H,24,29)(H,26,27)/p-1/t18-/m1/s1. The number of halogens is 2. The summed E-state index contributed by atoms with van der Waals surface area (Å²) in [5.41, 5.74) is -0.704. The van der Waals surface area contributed by atoms with Crippen LogP contribution in [-0.2, 0) is 9.53 Å². The molecule has 0 radical (unpaired) electrons. The Morgan fingerprint density at radius 3 is 2.40 bits per heavy atom. The van der Waals surface area contributed by atoms with Crippen LogP contribution in [0.4, 0.5) is 19.3 Å². The van der Waals surface area contributed by atoms with Gasteiger partial charge in [0.1, 0.15) is 11.6 Å². The fraction of sp³-hybridized carbons (Fsp3) is 0.190. The van der Waals surface area contributed by atoms with Gasteiger partial charge in [-0.3, -0.25) is 4.90 Å². The Hall–Kier alpha value is -3.75. The minimum absolute atomic E-state index is 0.00377. The van der Waals surface area contributed by atoms with Gasteiger partial charge in [-0.15, -0.1) is 0 Å². The minimum Gasteiger partial charge on any atom is -0.545 e. The Morgan fingerprint density at radius 1 is 1.17 bits per heavy atom. The largest absolute Gasteiger partial charge is 0.545 e. The molecule has 156 valence electrons. The highest BCUT2D eigenvalue weighted by Gasteiger charge is 2.39. The number of carboxylic acid groups (broad SMARTS) is 1. The van der Waals surface area contributed by atoms with Crippen molar-refractivity contribution >= 4 is 23.7 Å². The van der Waals surface area contributed by atoms with E-state index in [0.717, 1.165) is 23.1 Å². The molecule has 2 aromatic carbocycles. The van der Waals surface area contributed by atoms with Gasteiger partial charge >= 0.3 is 12.0 Å². The summed E-state index contributed by atoms with van der Waals surface area (Å²) in [5, 5.41) is 13.6. The summed E-state index contributed by atoms with van der Waals surface area (Å²) >= 11 is 0. The SMILES string of the molecule is CCOC(=O)C1=C(C)N(c2cccc(C(=O)[O-])c2)C(=O)N[C@H]1c1c(F)cccc1F. The quantitative estimate of drug-likeness (QED) is 0.757. The van der Waals surface area contributed by atoms with Gasteiger partial charge in [0, 0.05) is 5.70 Å². The molecule has 30 heavy (non-hydrogen) atoms. The number of nitrogens with one attached hydrogen (secondary N) is 1. The highest BCUT2D eigenvalue weighted by molar-refractivity contribution is 6.03. The van der Waals surface area contributed by atoms with Crippen LogP contribution in [0.3, 0.4) is 0 Å². The first-order valence-electron chi connectivity index (χ1n) is 9.00. The van der Waals surface area contributed by atoms with Gasteiger partial charge in [0.05, 0.1) is 35.4 Å². The van der Waals surface area contributed by atoms with E-state index in [1.807, 2.05) is 0 Å². The number of aromatic carboxylic acids is 1. The summed E-state index contributed by atoms with van der Waals surface area (Å²) in [4.78, 5) is 37.7. The van der Waals surface area contributed by atoms with Gasteiger partial charge in [0.25, 0.3) is 0 Å². The summed E-state index contributed by atoms with van der Waals surface area (Å²) in [6.45, 7) is 2.97. The van der Waals surface area contributed by atoms with Crippen molar-refractivity contribution in [2.75, 3.05) is 11.5 Å². The number of urea groups is 1. The van der Waals surface area contributed by atoms with Crippen molar-refractivity contribution in [2.45, 2.75) is 19.9 Å². The lowest BCUT2D eigenvalue weighted by Crippen LogP contribution is -2.48. The van der Waals surface area contributed by atoms with Crippen LogP contribution < -0.4 is 15.3 Å². The average molecular weight is 415 g/mol. The lowest BCUT2D eigenvalue weighted by molar-refractivity contribution is -0.255. The predicted octanol–water partition coefficient (Wildman–Crippen LogP) is 2.44. The number of nitrogens with zero attached hydrogens (tertiary/aromatic N) is 1. The molecule has 0 aromatic heterocycles. The van der Waals surface area contributed by atoms with E-state index < -0.39 is 41.2 Å². The van der Waals surface area contributed by atoms with E-state index in [4.69, 9.17) is 4.74 Å². The third kappa shape index (κ3) is 3.73. The van der Waals surface area contributed by atoms with Gasteiger partial charge in [-0.25, -0.2) is 18.4 Å². The van der Waals surface area contributed by atoms with Crippen molar-refractivity contribution in [2.24, 2.45) is 0 Å². The molecule has 1 aliphatic heterocycles. The monoisotopic (exact) mass is 415 g/mol. The zero-order valence-electron chi connectivity index (χ0n) is 16.1. The molecule has 3 rings (SSSR count). The Balaban J connectivity index is 2.20. The van der Waals surface area contributed by atoms with Crippen molar-refractivity contribution in [3.63, 3.8) is 0 Å². The van der Waals surface area contributed by atoms with Crippen molar-refractivity contribution in [3.8, 4) is 0 Å². The summed E-state index contributed by atoms with van der Waals surface area (Å²) < 4.78 is 33.9. The zero-order chi connectivity index (χ0) is 22.0. The van der Waals surface area contributed by atoms with Crippen LogP contribution in [0.25, 0.3) is 0 Å². The smallest absolute Gasteiger partial charge is 0.338 e. The van der Waals surface area contributed by atoms with Gasteiger partial charge in [-0.05, 0) is 43.7 Å². The van der Waals surface area contributed by atoms with Crippen molar-refractivity contribution in [1.82, 2.24) is 5.32 Å². The molecule has 0 saturated carbocycles. The van der Waals surface area contributed by atoms with Crippen molar-refractivity contribution < 1.29 is 33.0 Å². The maximum absolute atomic E-state index is 14.4. The maximum atomic E-state index is 14.4. The van der Waals surface area contributed by atoms with Crippen molar-refractivity contribution in [3.05, 3.63) is 76.5 Å². The van der Waals surface area contributed by atoms with Crippen molar-refractivity contribution in [1.29, 1.82) is 0 Å². The molecule has 0 spiro atoms. The second kappa shape index (κ2) is 8.32. The lowest BCUT2D eigenvalue weighted by atomic mass is 9.93. The number of carbonyl (C=O) groups excluding carboxylic acids is 3. The lowest BCUT2D eigenvalue weighted by Gasteiger charge is -2.35. The molecule has 1 aliphatic rings. The first-order valence-corrected chi connectivity index (χ1v) is 9.00. The number of anilines is 1. The molecule has 0 bridgehead atoms. The molecule has 1 heterocycles.